The van der Waals surface area contributed by atoms with Crippen LogP contribution in [0.3, 0.4) is 0 Å². The normalized spacial score (nSPS) is 22.2. The Kier molecular flexibility index (Phi) is 4.00. The van der Waals surface area contributed by atoms with Crippen molar-refractivity contribution in [3.05, 3.63) is 22.3 Å². The zero-order valence-electron chi connectivity index (χ0n) is 12.0. The van der Waals surface area contributed by atoms with Crippen molar-refractivity contribution in [2.45, 2.75) is 45.4 Å². The van der Waals surface area contributed by atoms with Crippen LogP contribution in [0.15, 0.2) is 16.7 Å². The molecule has 1 aliphatic heterocycles. The predicted octanol–water partition coefficient (Wildman–Crippen LogP) is 3.90. The summed E-state index contributed by atoms with van der Waals surface area (Å²) < 4.78 is 0.776. The minimum Gasteiger partial charge on any atom is -0.299 e. The molecule has 1 aromatic rings. The highest BCUT2D eigenvalue weighted by Crippen LogP contribution is 2.44. The standard InChI is InChI=1S/C15H21BrN2O/c1-5-10(6-2)9-15(3)11-7-8-12(16)17-13(11)18(4)14(15)19/h7-8,10H,5-6,9H2,1-4H3. The summed E-state index contributed by atoms with van der Waals surface area (Å²) in [6, 6.07) is 3.96. The van der Waals surface area contributed by atoms with Crippen molar-refractivity contribution in [3.63, 3.8) is 0 Å². The van der Waals surface area contributed by atoms with E-state index in [2.05, 4.69) is 41.7 Å². The molecule has 19 heavy (non-hydrogen) atoms. The number of carbonyl (C=O) groups is 1. The van der Waals surface area contributed by atoms with E-state index in [1.54, 1.807) is 4.90 Å². The van der Waals surface area contributed by atoms with Crippen LogP contribution in [0.1, 0.15) is 45.6 Å². The SMILES string of the molecule is CCC(CC)CC1(C)C(=O)N(C)c2nc(Br)ccc21. The highest BCUT2D eigenvalue weighted by atomic mass is 79.9. The Morgan fingerprint density at radius 3 is 2.58 bits per heavy atom. The van der Waals surface area contributed by atoms with Crippen LogP contribution in [0.25, 0.3) is 0 Å². The lowest BCUT2D eigenvalue weighted by atomic mass is 9.75. The first-order valence-corrected chi connectivity index (χ1v) is 7.68. The molecule has 2 heterocycles. The molecule has 0 aromatic carbocycles. The van der Waals surface area contributed by atoms with E-state index in [1.165, 1.54) is 0 Å². The van der Waals surface area contributed by atoms with Crippen molar-refractivity contribution < 1.29 is 4.79 Å². The molecule has 1 unspecified atom stereocenters. The number of hydrogen-bond acceptors (Lipinski definition) is 2. The van der Waals surface area contributed by atoms with E-state index in [0.29, 0.717) is 5.92 Å². The van der Waals surface area contributed by atoms with Crippen LogP contribution in [0.5, 0.6) is 0 Å². The average Bonchev–Trinajstić information content (AvgIpc) is 2.58. The Labute approximate surface area is 123 Å². The maximum Gasteiger partial charge on any atom is 0.238 e. The van der Waals surface area contributed by atoms with Crippen LogP contribution in [0, 0.1) is 5.92 Å². The summed E-state index contributed by atoms with van der Waals surface area (Å²) in [5.74, 6) is 1.55. The second-order valence-corrected chi connectivity index (χ2v) is 6.40. The summed E-state index contributed by atoms with van der Waals surface area (Å²) in [6.07, 6.45) is 3.13. The number of fused-ring (bicyclic) bond motifs is 1. The van der Waals surface area contributed by atoms with Crippen molar-refractivity contribution in [1.82, 2.24) is 4.98 Å². The molecule has 1 aromatic heterocycles. The van der Waals surface area contributed by atoms with Crippen molar-refractivity contribution in [2.24, 2.45) is 5.92 Å². The summed E-state index contributed by atoms with van der Waals surface area (Å²) in [5.41, 5.74) is 0.643. The molecule has 0 fully saturated rings. The molecule has 0 bridgehead atoms. The lowest BCUT2D eigenvalue weighted by Gasteiger charge is -2.27. The maximum absolute atomic E-state index is 12.6. The van der Waals surface area contributed by atoms with Gasteiger partial charge in [-0.15, -0.1) is 0 Å². The fourth-order valence-corrected chi connectivity index (χ4v) is 3.35. The average molecular weight is 325 g/mol. The predicted molar refractivity (Wildman–Crippen MR) is 81.4 cm³/mol. The first-order chi connectivity index (χ1) is 8.93. The van der Waals surface area contributed by atoms with Gasteiger partial charge in [-0.2, -0.15) is 0 Å². The van der Waals surface area contributed by atoms with Gasteiger partial charge in [0.15, 0.2) is 0 Å². The summed E-state index contributed by atoms with van der Waals surface area (Å²) in [5, 5.41) is 0. The van der Waals surface area contributed by atoms with E-state index >= 15 is 0 Å². The second-order valence-electron chi connectivity index (χ2n) is 5.59. The molecule has 0 spiro atoms. The molecular weight excluding hydrogens is 304 g/mol. The topological polar surface area (TPSA) is 33.2 Å². The Balaban J connectivity index is 2.44. The smallest absolute Gasteiger partial charge is 0.238 e. The van der Waals surface area contributed by atoms with Crippen LogP contribution in [0.4, 0.5) is 5.82 Å². The first kappa shape index (κ1) is 14.5. The Bertz CT molecular complexity index is 499. The van der Waals surface area contributed by atoms with Gasteiger partial charge < -0.3 is 0 Å². The molecule has 1 aliphatic rings. The molecule has 0 saturated carbocycles. The lowest BCUT2D eigenvalue weighted by molar-refractivity contribution is -0.123. The third-order valence-corrected chi connectivity index (χ3v) is 4.82. The van der Waals surface area contributed by atoms with E-state index in [9.17, 15) is 4.79 Å². The highest BCUT2D eigenvalue weighted by molar-refractivity contribution is 9.10. The number of carbonyl (C=O) groups excluding carboxylic acids is 1. The lowest BCUT2D eigenvalue weighted by Crippen LogP contribution is -2.37. The van der Waals surface area contributed by atoms with Gasteiger partial charge in [-0.3, -0.25) is 9.69 Å². The Morgan fingerprint density at radius 2 is 2.00 bits per heavy atom. The van der Waals surface area contributed by atoms with Gasteiger partial charge in [0.1, 0.15) is 10.4 Å². The molecular formula is C15H21BrN2O. The van der Waals surface area contributed by atoms with Crippen LogP contribution in [-0.4, -0.2) is 17.9 Å². The van der Waals surface area contributed by atoms with Gasteiger partial charge in [-0.1, -0.05) is 32.8 Å². The van der Waals surface area contributed by atoms with Gasteiger partial charge >= 0.3 is 0 Å². The van der Waals surface area contributed by atoms with E-state index in [1.807, 2.05) is 19.2 Å². The van der Waals surface area contributed by atoms with E-state index < -0.39 is 5.41 Å². The Morgan fingerprint density at radius 1 is 1.37 bits per heavy atom. The largest absolute Gasteiger partial charge is 0.299 e. The molecule has 4 heteroatoms. The van der Waals surface area contributed by atoms with Gasteiger partial charge in [-0.25, -0.2) is 4.98 Å². The van der Waals surface area contributed by atoms with Gasteiger partial charge in [0.05, 0.1) is 5.41 Å². The van der Waals surface area contributed by atoms with Gasteiger partial charge in [0, 0.05) is 12.6 Å². The Hall–Kier alpha value is -0.900. The summed E-state index contributed by atoms with van der Waals surface area (Å²) in [7, 11) is 1.82. The number of rotatable bonds is 4. The van der Waals surface area contributed by atoms with E-state index in [-0.39, 0.29) is 5.91 Å². The van der Waals surface area contributed by atoms with Crippen LogP contribution < -0.4 is 4.90 Å². The fraction of sp³-hybridized carbons (Fsp3) is 0.600. The molecule has 1 amide bonds. The van der Waals surface area contributed by atoms with Crippen molar-refractivity contribution in [2.75, 3.05) is 11.9 Å². The molecule has 0 saturated heterocycles. The van der Waals surface area contributed by atoms with E-state index in [4.69, 9.17) is 0 Å². The molecule has 0 radical (unpaired) electrons. The van der Waals surface area contributed by atoms with Gasteiger partial charge in [0.25, 0.3) is 0 Å². The molecule has 0 aliphatic carbocycles. The van der Waals surface area contributed by atoms with Crippen LogP contribution in [0.2, 0.25) is 0 Å². The summed E-state index contributed by atoms with van der Waals surface area (Å²) >= 11 is 3.38. The zero-order chi connectivity index (χ0) is 14.2. The summed E-state index contributed by atoms with van der Waals surface area (Å²) in [6.45, 7) is 6.45. The number of nitrogens with zero attached hydrogens (tertiary/aromatic N) is 2. The zero-order valence-corrected chi connectivity index (χ0v) is 13.6. The van der Waals surface area contributed by atoms with Gasteiger partial charge in [0.2, 0.25) is 5.91 Å². The quantitative estimate of drug-likeness (QED) is 0.787. The third-order valence-electron chi connectivity index (χ3n) is 4.38. The maximum atomic E-state index is 12.6. The molecule has 3 nitrogen and oxygen atoms in total. The highest BCUT2D eigenvalue weighted by Gasteiger charge is 2.47. The minimum absolute atomic E-state index is 0.167. The number of halogens is 1. The number of pyridine rings is 1. The van der Waals surface area contributed by atoms with Crippen molar-refractivity contribution in [3.8, 4) is 0 Å². The number of hydrogen-bond donors (Lipinski definition) is 0. The molecule has 2 rings (SSSR count). The fourth-order valence-electron chi connectivity index (χ4n) is 3.05. The number of likely N-dealkylation sites (N-methyl/N-ethyl adjacent to an activating group) is 1. The molecule has 104 valence electrons. The van der Waals surface area contributed by atoms with Crippen molar-refractivity contribution in [1.29, 1.82) is 0 Å². The van der Waals surface area contributed by atoms with Crippen molar-refractivity contribution >= 4 is 27.7 Å². The monoisotopic (exact) mass is 324 g/mol. The van der Waals surface area contributed by atoms with Gasteiger partial charge in [-0.05, 0) is 41.3 Å². The minimum atomic E-state index is -0.422. The van der Waals surface area contributed by atoms with E-state index in [0.717, 1.165) is 35.2 Å². The number of aromatic nitrogens is 1. The first-order valence-electron chi connectivity index (χ1n) is 6.89. The molecule has 0 N–H and O–H groups in total. The number of anilines is 1. The second kappa shape index (κ2) is 5.23. The summed E-state index contributed by atoms with van der Waals surface area (Å²) in [4.78, 5) is 18.8. The van der Waals surface area contributed by atoms with Crippen LogP contribution in [-0.2, 0) is 10.2 Å². The third kappa shape index (κ3) is 2.31. The molecule has 1 atom stereocenters. The number of amides is 1. The van der Waals surface area contributed by atoms with Crippen LogP contribution >= 0.6 is 15.9 Å².